The van der Waals surface area contributed by atoms with Crippen molar-refractivity contribution < 1.29 is 0 Å². The average molecular weight is 254 g/mol. The summed E-state index contributed by atoms with van der Waals surface area (Å²) >= 11 is 0. The first-order chi connectivity index (χ1) is 8.66. The molecule has 1 fully saturated rings. The Bertz CT molecular complexity index is 201. The fourth-order valence-corrected chi connectivity index (χ4v) is 3.50. The number of rotatable bonds is 8. The van der Waals surface area contributed by atoms with Gasteiger partial charge in [0, 0.05) is 12.1 Å². The minimum absolute atomic E-state index is 0.381. The molecule has 1 aliphatic rings. The highest BCUT2D eigenvalue weighted by Crippen LogP contribution is 2.34. The Labute approximate surface area is 114 Å². The van der Waals surface area contributed by atoms with Gasteiger partial charge in [-0.3, -0.25) is 0 Å². The van der Waals surface area contributed by atoms with Crippen molar-refractivity contribution in [2.45, 2.75) is 78.2 Å². The molecule has 2 nitrogen and oxygen atoms in total. The first-order valence-electron chi connectivity index (χ1n) is 8.11. The molecule has 0 bridgehead atoms. The summed E-state index contributed by atoms with van der Waals surface area (Å²) < 4.78 is 0. The zero-order valence-electron chi connectivity index (χ0n) is 13.1. The normalized spacial score (nSPS) is 20.0. The minimum Gasteiger partial charge on any atom is -0.317 e. The molecule has 0 aromatic heterocycles. The average Bonchev–Trinajstić information content (AvgIpc) is 2.42. The van der Waals surface area contributed by atoms with Crippen LogP contribution in [0.3, 0.4) is 0 Å². The van der Waals surface area contributed by atoms with Crippen LogP contribution in [0.4, 0.5) is 0 Å². The Hall–Kier alpha value is -0.0800. The Morgan fingerprint density at radius 2 is 1.56 bits per heavy atom. The minimum atomic E-state index is 0.381. The van der Waals surface area contributed by atoms with Crippen LogP contribution in [0.2, 0.25) is 0 Å². The molecule has 0 aliphatic carbocycles. The van der Waals surface area contributed by atoms with E-state index in [1.54, 1.807) is 0 Å². The van der Waals surface area contributed by atoms with Crippen LogP contribution >= 0.6 is 0 Å². The molecule has 0 amide bonds. The van der Waals surface area contributed by atoms with Crippen LogP contribution in [-0.2, 0) is 0 Å². The molecule has 0 radical (unpaired) electrons. The predicted octanol–water partition coefficient (Wildman–Crippen LogP) is 3.71. The van der Waals surface area contributed by atoms with Gasteiger partial charge in [-0.05, 0) is 57.0 Å². The van der Waals surface area contributed by atoms with Crippen molar-refractivity contribution in [2.24, 2.45) is 5.41 Å². The van der Waals surface area contributed by atoms with Crippen molar-refractivity contribution in [3.8, 4) is 0 Å². The summed E-state index contributed by atoms with van der Waals surface area (Å²) in [6.45, 7) is 12.9. The van der Waals surface area contributed by atoms with Gasteiger partial charge in [0.25, 0.3) is 0 Å². The molecule has 2 N–H and O–H groups in total. The van der Waals surface area contributed by atoms with E-state index < -0.39 is 0 Å². The van der Waals surface area contributed by atoms with E-state index in [9.17, 15) is 0 Å². The van der Waals surface area contributed by atoms with Gasteiger partial charge < -0.3 is 10.6 Å². The second-order valence-electron chi connectivity index (χ2n) is 6.19. The molecule has 0 saturated carbocycles. The fourth-order valence-electron chi connectivity index (χ4n) is 3.50. The van der Waals surface area contributed by atoms with Crippen molar-refractivity contribution in [1.82, 2.24) is 10.6 Å². The molecule has 0 aromatic rings. The molecule has 2 heteroatoms. The molecule has 1 heterocycles. The fraction of sp³-hybridized carbons (Fsp3) is 1.00. The molecule has 0 spiro atoms. The lowest BCUT2D eigenvalue weighted by atomic mass is 9.74. The second-order valence-corrected chi connectivity index (χ2v) is 6.19. The van der Waals surface area contributed by atoms with Gasteiger partial charge in [-0.1, -0.05) is 34.1 Å². The molecule has 0 atom stereocenters. The molecular weight excluding hydrogens is 220 g/mol. The largest absolute Gasteiger partial charge is 0.317 e. The van der Waals surface area contributed by atoms with Gasteiger partial charge in [0.15, 0.2) is 0 Å². The van der Waals surface area contributed by atoms with E-state index in [4.69, 9.17) is 0 Å². The van der Waals surface area contributed by atoms with Crippen LogP contribution in [0.5, 0.6) is 0 Å². The van der Waals surface area contributed by atoms with Crippen molar-refractivity contribution in [2.75, 3.05) is 19.6 Å². The summed E-state index contributed by atoms with van der Waals surface area (Å²) in [7, 11) is 0. The third-order valence-corrected chi connectivity index (χ3v) is 5.31. The summed E-state index contributed by atoms with van der Waals surface area (Å²) in [6, 6.07) is 0. The zero-order valence-corrected chi connectivity index (χ0v) is 13.1. The Morgan fingerprint density at radius 1 is 1.00 bits per heavy atom. The maximum atomic E-state index is 3.95. The molecule has 1 aliphatic heterocycles. The van der Waals surface area contributed by atoms with Gasteiger partial charge >= 0.3 is 0 Å². The van der Waals surface area contributed by atoms with Crippen LogP contribution in [0, 0.1) is 5.41 Å². The molecule has 1 saturated heterocycles. The van der Waals surface area contributed by atoms with E-state index in [0.29, 0.717) is 11.0 Å². The lowest BCUT2D eigenvalue weighted by molar-refractivity contribution is 0.145. The van der Waals surface area contributed by atoms with E-state index in [1.807, 2.05) is 0 Å². The highest BCUT2D eigenvalue weighted by molar-refractivity contribution is 4.91. The molecule has 0 aromatic carbocycles. The molecule has 1 rings (SSSR count). The smallest absolute Gasteiger partial charge is 0.0173 e. The molecule has 18 heavy (non-hydrogen) atoms. The number of hydrogen-bond acceptors (Lipinski definition) is 2. The number of nitrogens with one attached hydrogen (secondary N) is 2. The van der Waals surface area contributed by atoms with Crippen LogP contribution < -0.4 is 10.6 Å². The van der Waals surface area contributed by atoms with Crippen molar-refractivity contribution >= 4 is 0 Å². The van der Waals surface area contributed by atoms with E-state index in [-0.39, 0.29) is 0 Å². The first-order valence-corrected chi connectivity index (χ1v) is 8.11. The summed E-state index contributed by atoms with van der Waals surface area (Å²) in [5, 5.41) is 7.46. The van der Waals surface area contributed by atoms with E-state index in [1.165, 1.54) is 64.6 Å². The second kappa shape index (κ2) is 7.49. The van der Waals surface area contributed by atoms with E-state index >= 15 is 0 Å². The van der Waals surface area contributed by atoms with E-state index in [2.05, 4.69) is 38.3 Å². The Kier molecular flexibility index (Phi) is 6.65. The maximum Gasteiger partial charge on any atom is 0.0173 e. The maximum absolute atomic E-state index is 3.95. The topological polar surface area (TPSA) is 24.1 Å². The first kappa shape index (κ1) is 16.0. The van der Waals surface area contributed by atoms with Gasteiger partial charge in [0.2, 0.25) is 0 Å². The quantitative estimate of drug-likeness (QED) is 0.690. The summed E-state index contributed by atoms with van der Waals surface area (Å²) in [5.41, 5.74) is 0.941. The lowest BCUT2D eigenvalue weighted by Crippen LogP contribution is -2.51. The Balaban J connectivity index is 2.60. The summed E-state index contributed by atoms with van der Waals surface area (Å²) in [6.07, 6.45) is 9.15. The molecule has 108 valence electrons. The predicted molar refractivity (Wildman–Crippen MR) is 81.1 cm³/mol. The van der Waals surface area contributed by atoms with Gasteiger partial charge in [-0.2, -0.15) is 0 Å². The van der Waals surface area contributed by atoms with Crippen LogP contribution in [0.15, 0.2) is 0 Å². The van der Waals surface area contributed by atoms with Gasteiger partial charge in [-0.15, -0.1) is 0 Å². The monoisotopic (exact) mass is 254 g/mol. The van der Waals surface area contributed by atoms with E-state index in [0.717, 1.165) is 0 Å². The summed E-state index contributed by atoms with van der Waals surface area (Å²) in [5.74, 6) is 0. The third kappa shape index (κ3) is 3.96. The molecule has 0 unspecified atom stereocenters. The standard InChI is InChI=1S/C16H34N2/c1-5-9-15(10-12-17-13-11-15)14-18-16(6-2,7-3)8-4/h17-18H,5-14H2,1-4H3. The number of piperidine rings is 1. The Morgan fingerprint density at radius 3 is 2.00 bits per heavy atom. The lowest BCUT2D eigenvalue weighted by Gasteiger charge is -2.42. The van der Waals surface area contributed by atoms with Crippen molar-refractivity contribution in [3.05, 3.63) is 0 Å². The highest BCUT2D eigenvalue weighted by atomic mass is 15.0. The zero-order chi connectivity index (χ0) is 13.5. The SMILES string of the molecule is CCCC1(CNC(CC)(CC)CC)CCNCC1. The number of hydrogen-bond donors (Lipinski definition) is 2. The van der Waals surface area contributed by atoms with Gasteiger partial charge in [0.05, 0.1) is 0 Å². The third-order valence-electron chi connectivity index (χ3n) is 5.31. The van der Waals surface area contributed by atoms with Crippen LogP contribution in [0.25, 0.3) is 0 Å². The summed E-state index contributed by atoms with van der Waals surface area (Å²) in [4.78, 5) is 0. The van der Waals surface area contributed by atoms with Gasteiger partial charge in [0.1, 0.15) is 0 Å². The van der Waals surface area contributed by atoms with Crippen LogP contribution in [0.1, 0.15) is 72.6 Å². The van der Waals surface area contributed by atoms with Crippen molar-refractivity contribution in [3.63, 3.8) is 0 Å². The molecular formula is C16H34N2. The van der Waals surface area contributed by atoms with Crippen LogP contribution in [-0.4, -0.2) is 25.2 Å². The van der Waals surface area contributed by atoms with Crippen molar-refractivity contribution in [1.29, 1.82) is 0 Å². The van der Waals surface area contributed by atoms with Gasteiger partial charge in [-0.25, -0.2) is 0 Å². The highest BCUT2D eigenvalue weighted by Gasteiger charge is 2.33.